The van der Waals surface area contributed by atoms with Crippen LogP contribution in [0.25, 0.3) is 0 Å². The molecule has 0 aromatic heterocycles. The summed E-state index contributed by atoms with van der Waals surface area (Å²) in [6, 6.07) is 0. The van der Waals surface area contributed by atoms with Gasteiger partial charge in [0.25, 0.3) is 0 Å². The maximum Gasteiger partial charge on any atom is 0.469 e. The molecule has 0 spiro atoms. The number of rotatable bonds is 41. The highest BCUT2D eigenvalue weighted by molar-refractivity contribution is 7.46. The number of unbranched alkanes of at least 4 members (excludes halogenated alkanes) is 21. The quantitative estimate of drug-likeness (QED) is 0.0271. The molecule has 324 valence electrons. The van der Waals surface area contributed by atoms with E-state index in [1.807, 2.05) is 6.08 Å². The van der Waals surface area contributed by atoms with E-state index in [0.29, 0.717) is 12.8 Å². The lowest BCUT2D eigenvalue weighted by Gasteiger charge is -2.18. The Morgan fingerprint density at radius 2 is 0.821 bits per heavy atom. The van der Waals surface area contributed by atoms with Crippen molar-refractivity contribution in [3.8, 4) is 0 Å². The number of esters is 2. The van der Waals surface area contributed by atoms with Crippen LogP contribution in [-0.2, 0) is 28.2 Å². The Morgan fingerprint density at radius 1 is 0.464 bits per heavy atom. The van der Waals surface area contributed by atoms with Crippen molar-refractivity contribution in [1.29, 1.82) is 0 Å². The van der Waals surface area contributed by atoms with Crippen LogP contribution in [0.3, 0.4) is 0 Å². The molecule has 0 fully saturated rings. The Hall–Kier alpha value is -2.25. The molecule has 0 aromatic rings. The Balaban J connectivity index is 3.95. The summed E-state index contributed by atoms with van der Waals surface area (Å²) in [7, 11) is -4.77. The normalized spacial score (nSPS) is 13.0. The minimum atomic E-state index is -4.77. The zero-order chi connectivity index (χ0) is 41.1. The molecule has 0 heterocycles. The van der Waals surface area contributed by atoms with Gasteiger partial charge < -0.3 is 19.3 Å². The molecule has 0 unspecified atom stereocenters. The van der Waals surface area contributed by atoms with Crippen LogP contribution in [0.2, 0.25) is 0 Å². The number of ether oxygens (including phenoxy) is 2. The summed E-state index contributed by atoms with van der Waals surface area (Å²) in [4.78, 5) is 42.9. The topological polar surface area (TPSA) is 119 Å². The minimum absolute atomic E-state index is 0.190. The van der Waals surface area contributed by atoms with Gasteiger partial charge in [-0.1, -0.05) is 177 Å². The highest BCUT2D eigenvalue weighted by Gasteiger charge is 2.22. The average Bonchev–Trinajstić information content (AvgIpc) is 3.17. The number of phosphoric ester groups is 1. The first-order valence-corrected chi connectivity index (χ1v) is 24.1. The summed E-state index contributed by atoms with van der Waals surface area (Å²) in [6.07, 6.45) is 53.8. The van der Waals surface area contributed by atoms with Gasteiger partial charge in [-0.05, 0) is 77.0 Å². The standard InChI is InChI=1S/C47H83O8P/c1-3-5-7-9-11-13-15-17-19-21-22-23-24-26-28-30-32-34-36-38-40-42-47(49)55-45(44-54-56(50,51)52)43-53-46(48)41-39-37-35-33-31-29-27-25-20-18-16-14-12-10-8-6-4-2/h12,14,17-20,27,29,33,35,45H,3-11,13,15-16,21-26,28,30-32,34,36-44H2,1-2H3,(H2,50,51,52)/b14-12+,19-17+,20-18+,29-27+,35-33+/t45-/m1/s1. The van der Waals surface area contributed by atoms with Crippen molar-refractivity contribution >= 4 is 19.8 Å². The molecule has 9 heteroatoms. The van der Waals surface area contributed by atoms with Crippen LogP contribution in [0, 0.1) is 0 Å². The average molecular weight is 807 g/mol. The van der Waals surface area contributed by atoms with Crippen LogP contribution in [0.4, 0.5) is 0 Å². The van der Waals surface area contributed by atoms with Crippen molar-refractivity contribution in [3.05, 3.63) is 60.8 Å². The van der Waals surface area contributed by atoms with E-state index in [-0.39, 0.29) is 19.4 Å². The highest BCUT2D eigenvalue weighted by atomic mass is 31.2. The van der Waals surface area contributed by atoms with E-state index >= 15 is 0 Å². The van der Waals surface area contributed by atoms with Crippen molar-refractivity contribution in [2.75, 3.05) is 13.2 Å². The van der Waals surface area contributed by atoms with E-state index in [4.69, 9.17) is 19.3 Å². The van der Waals surface area contributed by atoms with Crippen molar-refractivity contribution in [2.45, 2.75) is 213 Å². The number of carbonyl (C=O) groups excluding carboxylic acids is 2. The fourth-order valence-electron chi connectivity index (χ4n) is 6.13. The summed E-state index contributed by atoms with van der Waals surface area (Å²) in [5, 5.41) is 0. The smallest absolute Gasteiger partial charge is 0.462 e. The van der Waals surface area contributed by atoms with E-state index in [0.717, 1.165) is 44.9 Å². The summed E-state index contributed by atoms with van der Waals surface area (Å²) < 4.78 is 26.4. The Labute approximate surface area is 343 Å². The molecule has 56 heavy (non-hydrogen) atoms. The summed E-state index contributed by atoms with van der Waals surface area (Å²) in [5.74, 6) is -0.950. The van der Waals surface area contributed by atoms with Crippen molar-refractivity contribution < 1.29 is 37.9 Å². The second-order valence-electron chi connectivity index (χ2n) is 15.0. The van der Waals surface area contributed by atoms with Crippen LogP contribution in [0.1, 0.15) is 206 Å². The second-order valence-corrected chi connectivity index (χ2v) is 16.3. The monoisotopic (exact) mass is 807 g/mol. The van der Waals surface area contributed by atoms with Gasteiger partial charge in [0.1, 0.15) is 6.61 Å². The van der Waals surface area contributed by atoms with Gasteiger partial charge in [-0.25, -0.2) is 4.57 Å². The van der Waals surface area contributed by atoms with E-state index in [1.165, 1.54) is 122 Å². The molecule has 0 rings (SSSR count). The predicted molar refractivity (Wildman–Crippen MR) is 234 cm³/mol. The van der Waals surface area contributed by atoms with E-state index in [9.17, 15) is 14.2 Å². The van der Waals surface area contributed by atoms with E-state index in [2.05, 4.69) is 73.1 Å². The molecule has 0 amide bonds. The number of hydrogen-bond donors (Lipinski definition) is 2. The van der Waals surface area contributed by atoms with E-state index < -0.39 is 32.5 Å². The molecule has 1 atom stereocenters. The van der Waals surface area contributed by atoms with E-state index in [1.54, 1.807) is 0 Å². The third-order valence-electron chi connectivity index (χ3n) is 9.51. The van der Waals surface area contributed by atoms with Gasteiger partial charge in [0.2, 0.25) is 0 Å². The zero-order valence-electron chi connectivity index (χ0n) is 35.8. The molecule has 2 N–H and O–H groups in total. The number of carbonyl (C=O) groups is 2. The molecule has 0 bridgehead atoms. The molecule has 0 saturated carbocycles. The van der Waals surface area contributed by atoms with Gasteiger partial charge in [-0.2, -0.15) is 0 Å². The Morgan fingerprint density at radius 3 is 1.30 bits per heavy atom. The summed E-state index contributed by atoms with van der Waals surface area (Å²) in [6.45, 7) is 3.62. The van der Waals surface area contributed by atoms with Gasteiger partial charge in [-0.3, -0.25) is 14.1 Å². The molecule has 0 aliphatic rings. The number of hydrogen-bond acceptors (Lipinski definition) is 6. The zero-order valence-corrected chi connectivity index (χ0v) is 36.7. The summed E-state index contributed by atoms with van der Waals surface area (Å²) >= 11 is 0. The first-order valence-electron chi connectivity index (χ1n) is 22.6. The lowest BCUT2D eigenvalue weighted by atomic mass is 10.0. The lowest BCUT2D eigenvalue weighted by molar-refractivity contribution is -0.161. The second kappa shape index (κ2) is 42.4. The summed E-state index contributed by atoms with van der Waals surface area (Å²) in [5.41, 5.74) is 0. The maximum atomic E-state index is 12.4. The van der Waals surface area contributed by atoms with Crippen LogP contribution < -0.4 is 0 Å². The highest BCUT2D eigenvalue weighted by Crippen LogP contribution is 2.36. The van der Waals surface area contributed by atoms with Crippen molar-refractivity contribution in [2.24, 2.45) is 0 Å². The maximum absolute atomic E-state index is 12.4. The fourth-order valence-corrected chi connectivity index (χ4v) is 6.49. The first kappa shape index (κ1) is 53.8. The molecule has 0 aliphatic heterocycles. The molecular weight excluding hydrogens is 723 g/mol. The molecule has 0 aliphatic carbocycles. The molecule has 8 nitrogen and oxygen atoms in total. The SMILES string of the molecule is CCCCC/C=C/C/C=C/C/C=C/C/C=C/CCCC(=O)OC[C@H](COP(=O)(O)O)OC(=O)CCCCCCCCCCCCC/C=C/CCCCCCCC. The van der Waals surface area contributed by atoms with Gasteiger partial charge >= 0.3 is 19.8 Å². The van der Waals surface area contributed by atoms with Crippen LogP contribution in [-0.4, -0.2) is 41.0 Å². The Kier molecular flexibility index (Phi) is 40.7. The van der Waals surface area contributed by atoms with Gasteiger partial charge in [-0.15, -0.1) is 0 Å². The molecule has 0 radical (unpaired) electrons. The van der Waals surface area contributed by atoms with Gasteiger partial charge in [0, 0.05) is 12.8 Å². The lowest BCUT2D eigenvalue weighted by Crippen LogP contribution is -2.29. The predicted octanol–water partition coefficient (Wildman–Crippen LogP) is 14.1. The molecule has 0 aromatic carbocycles. The number of phosphoric acid groups is 1. The fraction of sp³-hybridized carbons (Fsp3) is 0.745. The van der Waals surface area contributed by atoms with Crippen LogP contribution in [0.15, 0.2) is 60.8 Å². The van der Waals surface area contributed by atoms with Crippen molar-refractivity contribution in [1.82, 2.24) is 0 Å². The number of allylic oxidation sites excluding steroid dienone is 10. The molecule has 0 saturated heterocycles. The van der Waals surface area contributed by atoms with Gasteiger partial charge in [0.15, 0.2) is 6.10 Å². The molecular formula is C47H83O8P. The van der Waals surface area contributed by atoms with Crippen LogP contribution in [0.5, 0.6) is 0 Å². The minimum Gasteiger partial charge on any atom is -0.462 e. The Bertz CT molecular complexity index is 1090. The first-order chi connectivity index (χ1) is 27.3. The van der Waals surface area contributed by atoms with Crippen molar-refractivity contribution in [3.63, 3.8) is 0 Å². The largest absolute Gasteiger partial charge is 0.469 e. The van der Waals surface area contributed by atoms with Gasteiger partial charge in [0.05, 0.1) is 6.61 Å². The third kappa shape index (κ3) is 44.5. The third-order valence-corrected chi connectivity index (χ3v) is 9.99. The van der Waals surface area contributed by atoms with Crippen LogP contribution >= 0.6 is 7.82 Å².